The summed E-state index contributed by atoms with van der Waals surface area (Å²) in [6.45, 7) is 4.12. The third-order valence-electron chi connectivity index (χ3n) is 4.75. The molecule has 3 rings (SSSR count). The molecule has 0 amide bonds. The number of aryl methyl sites for hydroxylation is 1. The summed E-state index contributed by atoms with van der Waals surface area (Å²) in [6.07, 6.45) is 2.04. The highest BCUT2D eigenvalue weighted by atomic mass is 35.5. The molecule has 0 fully saturated rings. The Balaban J connectivity index is 1.93. The summed E-state index contributed by atoms with van der Waals surface area (Å²) in [4.78, 5) is 6.87. The quantitative estimate of drug-likeness (QED) is 0.545. The van der Waals surface area contributed by atoms with Crippen LogP contribution in [0, 0.1) is 0 Å². The maximum absolute atomic E-state index is 11.7. The minimum absolute atomic E-state index is 0.0655. The van der Waals surface area contributed by atoms with Crippen LogP contribution in [0.5, 0.6) is 0 Å². The largest absolute Gasteiger partial charge is 0.327 e. The smallest absolute Gasteiger partial charge is 0.238 e. The Kier molecular flexibility index (Phi) is 6.86. The van der Waals surface area contributed by atoms with Crippen molar-refractivity contribution in [3.8, 4) is 0 Å². The molecule has 0 saturated heterocycles. The number of hydrogen-bond acceptors (Lipinski definition) is 4. The third-order valence-corrected chi connectivity index (χ3v) is 6.51. The van der Waals surface area contributed by atoms with Gasteiger partial charge in [-0.25, -0.2) is 18.5 Å². The van der Waals surface area contributed by atoms with E-state index in [-0.39, 0.29) is 4.90 Å². The number of rotatable bonds is 8. The molecule has 9 heteroatoms. The predicted octanol–water partition coefficient (Wildman–Crippen LogP) is 4.42. The SMILES string of the molecule is CCCCn1c(CN(C)Cc2cccc(Cl)c2Cl)nc2cc(S(N)(=O)=O)ccc21. The fourth-order valence-corrected chi connectivity index (χ4v) is 4.20. The van der Waals surface area contributed by atoms with Gasteiger partial charge in [0.2, 0.25) is 10.0 Å². The van der Waals surface area contributed by atoms with Crippen LogP contribution in [0.2, 0.25) is 10.0 Å². The lowest BCUT2D eigenvalue weighted by Crippen LogP contribution is -2.20. The molecule has 6 nitrogen and oxygen atoms in total. The normalized spacial score (nSPS) is 12.2. The second-order valence-electron chi connectivity index (χ2n) is 7.11. The van der Waals surface area contributed by atoms with E-state index in [0.29, 0.717) is 28.7 Å². The lowest BCUT2D eigenvalue weighted by molar-refractivity contribution is 0.305. The number of sulfonamides is 1. The number of aromatic nitrogens is 2. The number of nitrogens with two attached hydrogens (primary N) is 1. The Labute approximate surface area is 181 Å². The van der Waals surface area contributed by atoms with Crippen molar-refractivity contribution in [2.24, 2.45) is 5.14 Å². The number of nitrogens with zero attached hydrogens (tertiary/aromatic N) is 3. The molecule has 0 bridgehead atoms. The zero-order valence-electron chi connectivity index (χ0n) is 16.4. The fourth-order valence-electron chi connectivity index (χ4n) is 3.28. The van der Waals surface area contributed by atoms with Gasteiger partial charge >= 0.3 is 0 Å². The molecule has 0 saturated carbocycles. The molecule has 0 atom stereocenters. The molecule has 0 aliphatic carbocycles. The fraction of sp³-hybridized carbons (Fsp3) is 0.350. The first kappa shape index (κ1) is 22.1. The van der Waals surface area contributed by atoms with E-state index in [0.717, 1.165) is 36.3 Å². The van der Waals surface area contributed by atoms with Gasteiger partial charge in [0, 0.05) is 13.1 Å². The van der Waals surface area contributed by atoms with Gasteiger partial charge in [-0.1, -0.05) is 48.7 Å². The Morgan fingerprint density at radius 3 is 2.62 bits per heavy atom. The molecule has 0 unspecified atom stereocenters. The summed E-state index contributed by atoms with van der Waals surface area (Å²) in [5.41, 5.74) is 2.46. The summed E-state index contributed by atoms with van der Waals surface area (Å²) in [7, 11) is -1.79. The Hall–Kier alpha value is -1.64. The van der Waals surface area contributed by atoms with Gasteiger partial charge in [-0.05, 0) is 43.3 Å². The van der Waals surface area contributed by atoms with Crippen LogP contribution in [0.4, 0.5) is 0 Å². The highest BCUT2D eigenvalue weighted by molar-refractivity contribution is 7.89. The number of hydrogen-bond donors (Lipinski definition) is 1. The van der Waals surface area contributed by atoms with Gasteiger partial charge in [0.05, 0.1) is 32.5 Å². The molecule has 2 aromatic carbocycles. The van der Waals surface area contributed by atoms with Gasteiger partial charge in [-0.15, -0.1) is 0 Å². The number of fused-ring (bicyclic) bond motifs is 1. The van der Waals surface area contributed by atoms with Gasteiger partial charge in [0.15, 0.2) is 0 Å². The summed E-state index contributed by atoms with van der Waals surface area (Å²) in [6, 6.07) is 10.4. The van der Waals surface area contributed by atoms with E-state index in [1.807, 2.05) is 19.2 Å². The van der Waals surface area contributed by atoms with E-state index in [2.05, 4.69) is 16.4 Å². The van der Waals surface area contributed by atoms with Crippen molar-refractivity contribution < 1.29 is 8.42 Å². The zero-order chi connectivity index (χ0) is 21.2. The van der Waals surface area contributed by atoms with Crippen molar-refractivity contribution >= 4 is 44.3 Å². The van der Waals surface area contributed by atoms with Crippen molar-refractivity contribution in [3.05, 3.63) is 57.8 Å². The van der Waals surface area contributed by atoms with Crippen LogP contribution < -0.4 is 5.14 Å². The van der Waals surface area contributed by atoms with Crippen molar-refractivity contribution in [1.29, 1.82) is 0 Å². The minimum atomic E-state index is -3.77. The predicted molar refractivity (Wildman–Crippen MR) is 118 cm³/mol. The van der Waals surface area contributed by atoms with Crippen LogP contribution in [-0.2, 0) is 29.7 Å². The summed E-state index contributed by atoms with van der Waals surface area (Å²) in [5, 5.41) is 6.36. The Bertz CT molecular complexity index is 1130. The monoisotopic (exact) mass is 454 g/mol. The van der Waals surface area contributed by atoms with E-state index in [1.54, 1.807) is 12.1 Å². The van der Waals surface area contributed by atoms with Crippen LogP contribution in [-0.4, -0.2) is 29.9 Å². The number of unbranched alkanes of at least 4 members (excludes halogenated alkanes) is 1. The molecule has 1 aromatic heterocycles. The number of primary sulfonamides is 1. The van der Waals surface area contributed by atoms with E-state index < -0.39 is 10.0 Å². The van der Waals surface area contributed by atoms with Crippen LogP contribution in [0.25, 0.3) is 11.0 Å². The van der Waals surface area contributed by atoms with Gasteiger partial charge < -0.3 is 4.57 Å². The van der Waals surface area contributed by atoms with E-state index >= 15 is 0 Å². The molecule has 0 aliphatic heterocycles. The van der Waals surface area contributed by atoms with E-state index in [9.17, 15) is 8.42 Å². The third kappa shape index (κ3) is 5.10. The molecule has 1 heterocycles. The minimum Gasteiger partial charge on any atom is -0.327 e. The molecular formula is C20H24Cl2N4O2S. The molecule has 0 aliphatic rings. The van der Waals surface area contributed by atoms with Crippen LogP contribution in [0.3, 0.4) is 0 Å². The summed E-state index contributed by atoms with van der Waals surface area (Å²) in [5.74, 6) is 0.862. The van der Waals surface area contributed by atoms with Gasteiger partial charge in [0.1, 0.15) is 5.82 Å². The lowest BCUT2D eigenvalue weighted by Gasteiger charge is -2.18. The molecular weight excluding hydrogens is 431 g/mol. The maximum Gasteiger partial charge on any atom is 0.238 e. The van der Waals surface area contributed by atoms with Gasteiger partial charge in [0.25, 0.3) is 0 Å². The van der Waals surface area contributed by atoms with Crippen LogP contribution in [0.15, 0.2) is 41.3 Å². The highest BCUT2D eigenvalue weighted by Gasteiger charge is 2.16. The number of halogens is 2. The van der Waals surface area contributed by atoms with Crippen molar-refractivity contribution in [2.45, 2.75) is 44.3 Å². The van der Waals surface area contributed by atoms with Crippen LogP contribution >= 0.6 is 23.2 Å². The first-order valence-corrected chi connectivity index (χ1v) is 11.6. The number of imidazole rings is 1. The maximum atomic E-state index is 11.7. The Morgan fingerprint density at radius 2 is 1.93 bits per heavy atom. The molecule has 0 radical (unpaired) electrons. The summed E-state index contributed by atoms with van der Waals surface area (Å²) >= 11 is 12.4. The lowest BCUT2D eigenvalue weighted by atomic mass is 10.2. The average Bonchev–Trinajstić information content (AvgIpc) is 2.99. The molecule has 29 heavy (non-hydrogen) atoms. The van der Waals surface area contributed by atoms with E-state index in [1.165, 1.54) is 12.1 Å². The van der Waals surface area contributed by atoms with Crippen LogP contribution in [0.1, 0.15) is 31.2 Å². The molecule has 2 N–H and O–H groups in total. The molecule has 3 aromatic rings. The second kappa shape index (κ2) is 9.02. The standard InChI is InChI=1S/C20H24Cl2N4O2S/c1-3-4-10-26-18-9-8-15(29(23,27)28)11-17(18)24-19(26)13-25(2)12-14-6-5-7-16(21)20(14)22/h5-9,11H,3-4,10,12-13H2,1-2H3,(H2,23,27,28). The van der Waals surface area contributed by atoms with Gasteiger partial charge in [-0.2, -0.15) is 0 Å². The molecule has 156 valence electrons. The van der Waals surface area contributed by atoms with Crippen molar-refractivity contribution in [3.63, 3.8) is 0 Å². The highest BCUT2D eigenvalue weighted by Crippen LogP contribution is 2.27. The second-order valence-corrected chi connectivity index (χ2v) is 9.46. The Morgan fingerprint density at radius 1 is 1.17 bits per heavy atom. The van der Waals surface area contributed by atoms with E-state index in [4.69, 9.17) is 33.3 Å². The van der Waals surface area contributed by atoms with Crippen molar-refractivity contribution in [2.75, 3.05) is 7.05 Å². The summed E-state index contributed by atoms with van der Waals surface area (Å²) < 4.78 is 25.5. The zero-order valence-corrected chi connectivity index (χ0v) is 18.7. The first-order chi connectivity index (χ1) is 13.7. The van der Waals surface area contributed by atoms with Gasteiger partial charge in [-0.3, -0.25) is 4.90 Å². The molecule has 0 spiro atoms. The number of benzene rings is 2. The van der Waals surface area contributed by atoms with Crippen molar-refractivity contribution in [1.82, 2.24) is 14.5 Å². The average molecular weight is 455 g/mol. The topological polar surface area (TPSA) is 81.2 Å². The first-order valence-electron chi connectivity index (χ1n) is 9.34.